The van der Waals surface area contributed by atoms with E-state index < -0.39 is 0 Å². The Hall–Kier alpha value is -1.35. The van der Waals surface area contributed by atoms with Gasteiger partial charge in [0.2, 0.25) is 0 Å². The van der Waals surface area contributed by atoms with Crippen molar-refractivity contribution >= 4 is 5.97 Å². The fraction of sp³-hybridized carbons (Fsp3) is 0.500. The molecule has 17 heavy (non-hydrogen) atoms. The van der Waals surface area contributed by atoms with Crippen LogP contribution < -0.4 is 5.32 Å². The highest BCUT2D eigenvalue weighted by Gasteiger charge is 2.22. The van der Waals surface area contributed by atoms with Crippen molar-refractivity contribution in [2.24, 2.45) is 0 Å². The molecule has 0 aliphatic heterocycles. The zero-order valence-electron chi connectivity index (χ0n) is 10.8. The maximum absolute atomic E-state index is 11.9. The number of carbonyl (C=O) groups excluding carboxylic acids is 1. The van der Waals surface area contributed by atoms with Crippen LogP contribution in [0.1, 0.15) is 38.8 Å². The minimum atomic E-state index is -0.369. The lowest BCUT2D eigenvalue weighted by atomic mass is 10.1. The molecule has 1 aromatic carbocycles. The highest BCUT2D eigenvalue weighted by atomic mass is 16.5. The average Bonchev–Trinajstić information content (AvgIpc) is 2.36. The summed E-state index contributed by atoms with van der Waals surface area (Å²) >= 11 is 0. The molecule has 0 saturated carbocycles. The standard InChI is InChI=1S/C14H21NO2/c1-4-11(3)15-13(14(16)17-5-2)12-9-7-6-8-10-12/h6-11,13,15H,4-5H2,1-3H3. The quantitative estimate of drug-likeness (QED) is 0.770. The smallest absolute Gasteiger partial charge is 0.327 e. The first-order valence-electron chi connectivity index (χ1n) is 6.16. The van der Waals surface area contributed by atoms with E-state index in [4.69, 9.17) is 4.74 Å². The van der Waals surface area contributed by atoms with Crippen LogP contribution in [0.5, 0.6) is 0 Å². The first kappa shape index (κ1) is 13.7. The molecule has 2 atom stereocenters. The Kier molecular flexibility index (Phi) is 5.70. The Labute approximate surface area is 103 Å². The van der Waals surface area contributed by atoms with Crippen LogP contribution in [0.3, 0.4) is 0 Å². The predicted octanol–water partition coefficient (Wildman–Crippen LogP) is 2.68. The average molecular weight is 235 g/mol. The van der Waals surface area contributed by atoms with Gasteiger partial charge in [-0.2, -0.15) is 0 Å². The fourth-order valence-corrected chi connectivity index (χ4v) is 1.57. The summed E-state index contributed by atoms with van der Waals surface area (Å²) < 4.78 is 5.10. The lowest BCUT2D eigenvalue weighted by Crippen LogP contribution is -2.36. The summed E-state index contributed by atoms with van der Waals surface area (Å²) in [6.45, 7) is 6.38. The molecule has 0 aliphatic carbocycles. The topological polar surface area (TPSA) is 38.3 Å². The first-order chi connectivity index (χ1) is 8.19. The Balaban J connectivity index is 2.82. The Morgan fingerprint density at radius 2 is 1.94 bits per heavy atom. The van der Waals surface area contributed by atoms with Crippen molar-refractivity contribution in [3.05, 3.63) is 35.9 Å². The molecule has 0 fully saturated rings. The van der Waals surface area contributed by atoms with Crippen LogP contribution in [0, 0.1) is 0 Å². The number of rotatable bonds is 6. The van der Waals surface area contributed by atoms with Gasteiger partial charge in [-0.3, -0.25) is 5.32 Å². The molecule has 0 aromatic heterocycles. The Morgan fingerprint density at radius 3 is 2.47 bits per heavy atom. The number of carbonyl (C=O) groups is 1. The van der Waals surface area contributed by atoms with E-state index in [1.807, 2.05) is 37.3 Å². The maximum Gasteiger partial charge on any atom is 0.327 e. The van der Waals surface area contributed by atoms with E-state index in [0.29, 0.717) is 6.61 Å². The van der Waals surface area contributed by atoms with Gasteiger partial charge in [-0.05, 0) is 25.8 Å². The Morgan fingerprint density at radius 1 is 1.29 bits per heavy atom. The summed E-state index contributed by atoms with van der Waals surface area (Å²) in [5, 5.41) is 3.29. The third kappa shape index (κ3) is 4.19. The van der Waals surface area contributed by atoms with E-state index in [1.54, 1.807) is 0 Å². The summed E-state index contributed by atoms with van der Waals surface area (Å²) in [6.07, 6.45) is 0.975. The number of esters is 1. The van der Waals surface area contributed by atoms with Crippen LogP contribution in [0.4, 0.5) is 0 Å². The van der Waals surface area contributed by atoms with Gasteiger partial charge >= 0.3 is 5.97 Å². The van der Waals surface area contributed by atoms with Gasteiger partial charge in [-0.25, -0.2) is 4.79 Å². The van der Waals surface area contributed by atoms with Crippen molar-refractivity contribution in [1.29, 1.82) is 0 Å². The molecule has 0 saturated heterocycles. The van der Waals surface area contributed by atoms with Gasteiger partial charge in [0, 0.05) is 6.04 Å². The van der Waals surface area contributed by atoms with Crippen LogP contribution in [0.15, 0.2) is 30.3 Å². The molecular weight excluding hydrogens is 214 g/mol. The monoisotopic (exact) mass is 235 g/mol. The summed E-state index contributed by atoms with van der Waals surface area (Å²) in [5.41, 5.74) is 0.950. The molecule has 94 valence electrons. The van der Waals surface area contributed by atoms with Crippen molar-refractivity contribution in [1.82, 2.24) is 5.32 Å². The van der Waals surface area contributed by atoms with E-state index in [2.05, 4.69) is 19.2 Å². The highest BCUT2D eigenvalue weighted by molar-refractivity contribution is 5.77. The number of benzene rings is 1. The number of nitrogens with one attached hydrogen (secondary N) is 1. The van der Waals surface area contributed by atoms with Crippen LogP contribution in [-0.2, 0) is 9.53 Å². The van der Waals surface area contributed by atoms with E-state index in [9.17, 15) is 4.79 Å². The third-order valence-electron chi connectivity index (χ3n) is 2.72. The molecule has 1 rings (SSSR count). The van der Waals surface area contributed by atoms with E-state index in [-0.39, 0.29) is 18.1 Å². The summed E-state index contributed by atoms with van der Waals surface area (Å²) in [5.74, 6) is -0.209. The van der Waals surface area contributed by atoms with Crippen molar-refractivity contribution in [3.8, 4) is 0 Å². The third-order valence-corrected chi connectivity index (χ3v) is 2.72. The fourth-order valence-electron chi connectivity index (χ4n) is 1.57. The molecule has 0 amide bonds. The van der Waals surface area contributed by atoms with Crippen LogP contribution in [0.2, 0.25) is 0 Å². The van der Waals surface area contributed by atoms with Crippen LogP contribution in [0.25, 0.3) is 0 Å². The van der Waals surface area contributed by atoms with Gasteiger partial charge in [0.25, 0.3) is 0 Å². The lowest BCUT2D eigenvalue weighted by Gasteiger charge is -2.21. The van der Waals surface area contributed by atoms with Gasteiger partial charge in [0.15, 0.2) is 0 Å². The molecule has 1 N–H and O–H groups in total. The van der Waals surface area contributed by atoms with E-state index in [1.165, 1.54) is 0 Å². The lowest BCUT2D eigenvalue weighted by molar-refractivity contribution is -0.146. The Bertz CT molecular complexity index is 337. The summed E-state index contributed by atoms with van der Waals surface area (Å²) in [6, 6.07) is 9.60. The summed E-state index contributed by atoms with van der Waals surface area (Å²) in [4.78, 5) is 11.9. The molecule has 3 heteroatoms. The first-order valence-corrected chi connectivity index (χ1v) is 6.16. The molecule has 0 spiro atoms. The number of ether oxygens (including phenoxy) is 1. The number of hydrogen-bond donors (Lipinski definition) is 1. The molecule has 2 unspecified atom stereocenters. The summed E-state index contributed by atoms with van der Waals surface area (Å²) in [7, 11) is 0. The van der Waals surface area contributed by atoms with Crippen molar-refractivity contribution < 1.29 is 9.53 Å². The van der Waals surface area contributed by atoms with Gasteiger partial charge in [-0.15, -0.1) is 0 Å². The normalized spacial score (nSPS) is 14.1. The van der Waals surface area contributed by atoms with E-state index >= 15 is 0 Å². The highest BCUT2D eigenvalue weighted by Crippen LogP contribution is 2.15. The van der Waals surface area contributed by atoms with Crippen molar-refractivity contribution in [3.63, 3.8) is 0 Å². The minimum absolute atomic E-state index is 0.209. The maximum atomic E-state index is 11.9. The predicted molar refractivity (Wildman–Crippen MR) is 68.7 cm³/mol. The van der Waals surface area contributed by atoms with Gasteiger partial charge < -0.3 is 4.74 Å². The second kappa shape index (κ2) is 7.07. The molecule has 1 aromatic rings. The van der Waals surface area contributed by atoms with E-state index in [0.717, 1.165) is 12.0 Å². The molecule has 0 bridgehead atoms. The number of hydrogen-bond acceptors (Lipinski definition) is 3. The zero-order valence-corrected chi connectivity index (χ0v) is 10.8. The largest absolute Gasteiger partial charge is 0.465 e. The van der Waals surface area contributed by atoms with Crippen LogP contribution >= 0.6 is 0 Å². The SMILES string of the molecule is CCOC(=O)C(NC(C)CC)c1ccccc1. The van der Waals surface area contributed by atoms with Gasteiger partial charge in [-0.1, -0.05) is 37.3 Å². The van der Waals surface area contributed by atoms with Gasteiger partial charge in [0.05, 0.1) is 6.61 Å². The van der Waals surface area contributed by atoms with Crippen LogP contribution in [-0.4, -0.2) is 18.6 Å². The van der Waals surface area contributed by atoms with Gasteiger partial charge in [0.1, 0.15) is 6.04 Å². The minimum Gasteiger partial charge on any atom is -0.465 e. The molecular formula is C14H21NO2. The van der Waals surface area contributed by atoms with Crippen molar-refractivity contribution in [2.75, 3.05) is 6.61 Å². The second-order valence-corrected chi connectivity index (χ2v) is 4.07. The molecule has 0 aliphatic rings. The molecule has 0 radical (unpaired) electrons. The molecule has 3 nitrogen and oxygen atoms in total. The second-order valence-electron chi connectivity index (χ2n) is 4.07. The zero-order chi connectivity index (χ0) is 12.7. The molecule has 0 heterocycles. The van der Waals surface area contributed by atoms with Crippen molar-refractivity contribution in [2.45, 2.75) is 39.3 Å².